The summed E-state index contributed by atoms with van der Waals surface area (Å²) in [6.45, 7) is 0.483. The van der Waals surface area contributed by atoms with Gasteiger partial charge in [-0.3, -0.25) is 24.1 Å². The van der Waals surface area contributed by atoms with Gasteiger partial charge in [-0.1, -0.05) is 0 Å². The molecule has 0 atom stereocenters. The first-order valence-electron chi connectivity index (χ1n) is 5.80. The Hall–Kier alpha value is -2.84. The molecule has 0 aliphatic heterocycles. The molecular weight excluding hydrogens is 268 g/mol. The smallest absolute Gasteiger partial charge is 0.328 e. The van der Waals surface area contributed by atoms with E-state index in [1.165, 1.54) is 16.8 Å². The van der Waals surface area contributed by atoms with Gasteiger partial charge in [0.15, 0.2) is 5.75 Å². The van der Waals surface area contributed by atoms with E-state index in [9.17, 15) is 24.3 Å². The van der Waals surface area contributed by atoms with E-state index in [4.69, 9.17) is 0 Å². The molecule has 0 aliphatic rings. The highest BCUT2D eigenvalue weighted by Crippen LogP contribution is 1.96. The zero-order valence-corrected chi connectivity index (χ0v) is 10.3. The Morgan fingerprint density at radius 2 is 1.65 bits per heavy atom. The van der Waals surface area contributed by atoms with Gasteiger partial charge < -0.3 is 9.67 Å². The monoisotopic (exact) mass is 280 g/mol. The molecule has 9 heteroatoms. The Bertz CT molecular complexity index is 841. The minimum Gasteiger partial charge on any atom is -0.502 e. The Morgan fingerprint density at radius 3 is 2.35 bits per heavy atom. The summed E-state index contributed by atoms with van der Waals surface area (Å²) in [5.41, 5.74) is -2.49. The van der Waals surface area contributed by atoms with Crippen molar-refractivity contribution in [2.24, 2.45) is 0 Å². The lowest BCUT2D eigenvalue weighted by atomic mass is 10.4. The highest BCUT2D eigenvalue weighted by molar-refractivity contribution is 5.08. The lowest BCUT2D eigenvalue weighted by Gasteiger charge is -2.06. The molecule has 0 saturated carbocycles. The Kier molecular flexibility index (Phi) is 3.69. The molecule has 0 amide bonds. The quantitative estimate of drug-likeness (QED) is 0.607. The molecule has 0 bridgehead atoms. The van der Waals surface area contributed by atoms with Crippen LogP contribution in [0.2, 0.25) is 0 Å². The summed E-state index contributed by atoms with van der Waals surface area (Å²) >= 11 is 0. The van der Waals surface area contributed by atoms with Crippen LogP contribution >= 0.6 is 0 Å². The third-order valence-corrected chi connectivity index (χ3v) is 2.69. The third-order valence-electron chi connectivity index (χ3n) is 2.69. The number of aromatic hydroxyl groups is 1. The minimum absolute atomic E-state index is 0.203. The van der Waals surface area contributed by atoms with Crippen molar-refractivity contribution in [2.75, 3.05) is 0 Å². The SMILES string of the molecule is O=c1ccn(CCCn2cc(O)c(=O)[nH]c2=O)c(=O)[nH]1. The molecule has 0 aliphatic carbocycles. The van der Waals surface area contributed by atoms with Gasteiger partial charge in [0.25, 0.3) is 11.1 Å². The summed E-state index contributed by atoms with van der Waals surface area (Å²) < 4.78 is 2.42. The molecule has 2 rings (SSSR count). The topological polar surface area (TPSA) is 130 Å². The van der Waals surface area contributed by atoms with Crippen LogP contribution < -0.4 is 22.5 Å². The van der Waals surface area contributed by atoms with Crippen molar-refractivity contribution < 1.29 is 5.11 Å². The molecule has 2 aromatic heterocycles. The third kappa shape index (κ3) is 2.94. The van der Waals surface area contributed by atoms with E-state index in [0.29, 0.717) is 6.42 Å². The molecular formula is C11H12N4O5. The molecule has 2 heterocycles. The first-order valence-corrected chi connectivity index (χ1v) is 5.80. The van der Waals surface area contributed by atoms with Gasteiger partial charge in [0.05, 0.1) is 6.20 Å². The van der Waals surface area contributed by atoms with Crippen LogP contribution in [0.3, 0.4) is 0 Å². The number of H-pyrrole nitrogens is 2. The maximum Gasteiger partial charge on any atom is 0.328 e. The van der Waals surface area contributed by atoms with Crippen LogP contribution in [0.1, 0.15) is 6.42 Å². The molecule has 9 nitrogen and oxygen atoms in total. The largest absolute Gasteiger partial charge is 0.502 e. The van der Waals surface area contributed by atoms with Gasteiger partial charge in [0.1, 0.15) is 0 Å². The van der Waals surface area contributed by atoms with Gasteiger partial charge >= 0.3 is 11.4 Å². The van der Waals surface area contributed by atoms with Crippen LogP contribution in [0.5, 0.6) is 5.75 Å². The summed E-state index contributed by atoms with van der Waals surface area (Å²) in [4.78, 5) is 48.7. The number of nitrogens with one attached hydrogen (secondary N) is 2. The Labute approximate surface area is 110 Å². The van der Waals surface area contributed by atoms with Gasteiger partial charge in [0.2, 0.25) is 0 Å². The van der Waals surface area contributed by atoms with Crippen LogP contribution in [0.25, 0.3) is 0 Å². The van der Waals surface area contributed by atoms with Crippen molar-refractivity contribution in [2.45, 2.75) is 19.5 Å². The highest BCUT2D eigenvalue weighted by atomic mass is 16.3. The molecule has 3 N–H and O–H groups in total. The fraction of sp³-hybridized carbons (Fsp3) is 0.273. The van der Waals surface area contributed by atoms with Crippen LogP contribution in [0.4, 0.5) is 0 Å². The molecule has 0 radical (unpaired) electrons. The van der Waals surface area contributed by atoms with Crippen molar-refractivity contribution in [3.05, 3.63) is 60.1 Å². The molecule has 20 heavy (non-hydrogen) atoms. The number of aryl methyl sites for hydroxylation is 2. The van der Waals surface area contributed by atoms with E-state index in [0.717, 1.165) is 10.8 Å². The summed E-state index contributed by atoms with van der Waals surface area (Å²) in [5, 5.41) is 9.22. The molecule has 2 aromatic rings. The van der Waals surface area contributed by atoms with Crippen molar-refractivity contribution in [1.82, 2.24) is 19.1 Å². The van der Waals surface area contributed by atoms with E-state index in [1.54, 1.807) is 0 Å². The molecule has 106 valence electrons. The number of aromatic amines is 2. The second kappa shape index (κ2) is 5.43. The van der Waals surface area contributed by atoms with Gasteiger partial charge in [0, 0.05) is 25.4 Å². The normalized spacial score (nSPS) is 10.6. The highest BCUT2D eigenvalue weighted by Gasteiger charge is 2.03. The molecule has 0 unspecified atom stereocenters. The van der Waals surface area contributed by atoms with E-state index >= 15 is 0 Å². The number of hydrogen-bond donors (Lipinski definition) is 3. The lowest BCUT2D eigenvalue weighted by Crippen LogP contribution is -2.31. The van der Waals surface area contributed by atoms with E-state index in [-0.39, 0.29) is 13.1 Å². The van der Waals surface area contributed by atoms with Crippen molar-refractivity contribution in [3.63, 3.8) is 0 Å². The van der Waals surface area contributed by atoms with Crippen LogP contribution in [0.15, 0.2) is 37.6 Å². The van der Waals surface area contributed by atoms with Gasteiger partial charge in [-0.05, 0) is 6.42 Å². The Balaban J connectivity index is 2.08. The van der Waals surface area contributed by atoms with Crippen LogP contribution in [-0.2, 0) is 13.1 Å². The average Bonchev–Trinajstić information content (AvgIpc) is 2.38. The standard InChI is InChI=1S/C11H12N4O5/c16-7-6-15(11(20)13-9(7)18)4-1-3-14-5-2-8(17)12-10(14)19/h2,5-6,16H,1,3-4H2,(H,12,17,19)(H,13,18,20). The van der Waals surface area contributed by atoms with E-state index < -0.39 is 28.2 Å². The summed E-state index contributed by atoms with van der Waals surface area (Å²) in [6, 6.07) is 1.22. The van der Waals surface area contributed by atoms with E-state index in [2.05, 4.69) is 4.98 Å². The lowest BCUT2D eigenvalue weighted by molar-refractivity contribution is 0.445. The van der Waals surface area contributed by atoms with Crippen molar-refractivity contribution in [1.29, 1.82) is 0 Å². The molecule has 0 fully saturated rings. The summed E-state index contributed by atoms with van der Waals surface area (Å²) in [6.07, 6.45) is 2.79. The predicted octanol–water partition coefficient (Wildman–Crippen LogP) is -1.82. The van der Waals surface area contributed by atoms with Crippen LogP contribution in [0, 0.1) is 0 Å². The number of rotatable bonds is 4. The Morgan fingerprint density at radius 1 is 1.00 bits per heavy atom. The zero-order chi connectivity index (χ0) is 14.7. The van der Waals surface area contributed by atoms with Crippen molar-refractivity contribution in [3.8, 4) is 5.75 Å². The molecule has 0 saturated heterocycles. The number of nitrogens with zero attached hydrogens (tertiary/aromatic N) is 2. The minimum atomic E-state index is -0.844. The molecule has 0 aromatic carbocycles. The summed E-state index contributed by atoms with van der Waals surface area (Å²) in [5.74, 6) is -0.550. The maximum atomic E-state index is 11.4. The van der Waals surface area contributed by atoms with Gasteiger partial charge in [-0.2, -0.15) is 0 Å². The first-order chi connectivity index (χ1) is 9.47. The fourth-order valence-electron chi connectivity index (χ4n) is 1.70. The van der Waals surface area contributed by atoms with Crippen molar-refractivity contribution >= 4 is 0 Å². The maximum absolute atomic E-state index is 11.4. The van der Waals surface area contributed by atoms with Gasteiger partial charge in [-0.15, -0.1) is 0 Å². The predicted molar refractivity (Wildman–Crippen MR) is 68.9 cm³/mol. The average molecular weight is 280 g/mol. The van der Waals surface area contributed by atoms with E-state index in [1.807, 2.05) is 4.98 Å². The number of hydrogen-bond acceptors (Lipinski definition) is 5. The second-order valence-electron chi connectivity index (χ2n) is 4.12. The van der Waals surface area contributed by atoms with Gasteiger partial charge in [-0.25, -0.2) is 9.59 Å². The second-order valence-corrected chi connectivity index (χ2v) is 4.12. The molecule has 0 spiro atoms. The first kappa shape index (κ1) is 13.6. The number of aromatic nitrogens is 4. The fourth-order valence-corrected chi connectivity index (χ4v) is 1.70. The van der Waals surface area contributed by atoms with Crippen LogP contribution in [-0.4, -0.2) is 24.2 Å². The zero-order valence-electron chi connectivity index (χ0n) is 10.3. The summed E-state index contributed by atoms with van der Waals surface area (Å²) in [7, 11) is 0.